The fraction of sp³-hybridized carbons (Fsp3) is 0.474. The van der Waals surface area contributed by atoms with Crippen LogP contribution in [0.3, 0.4) is 0 Å². The van der Waals surface area contributed by atoms with Crippen LogP contribution in [0.1, 0.15) is 30.1 Å². The number of hydrogen-bond acceptors (Lipinski definition) is 4. The number of carbonyl (C=O) groups excluding carboxylic acids is 1. The Balaban J connectivity index is 1.50. The van der Waals surface area contributed by atoms with Crippen molar-refractivity contribution in [2.45, 2.75) is 25.4 Å². The summed E-state index contributed by atoms with van der Waals surface area (Å²) in [4.78, 5) is 15.0. The summed E-state index contributed by atoms with van der Waals surface area (Å²) in [7, 11) is 1.81. The molecule has 134 valence electrons. The monoisotopic (exact) mass is 342 g/mol. The Morgan fingerprint density at radius 3 is 2.60 bits per heavy atom. The van der Waals surface area contributed by atoms with Crippen molar-refractivity contribution in [2.75, 3.05) is 19.7 Å². The Hall–Kier alpha value is -2.18. The topological polar surface area (TPSA) is 70.4 Å². The van der Waals surface area contributed by atoms with E-state index in [0.717, 1.165) is 38.2 Å². The average Bonchev–Trinajstić information content (AvgIpc) is 3.07. The Labute approximate surface area is 148 Å². The Morgan fingerprint density at radius 1 is 1.28 bits per heavy atom. The minimum atomic E-state index is -0.401. The zero-order valence-electron chi connectivity index (χ0n) is 14.6. The molecule has 1 aliphatic rings. The molecule has 6 heteroatoms. The Kier molecular flexibility index (Phi) is 5.83. The van der Waals surface area contributed by atoms with Crippen molar-refractivity contribution in [3.8, 4) is 0 Å². The summed E-state index contributed by atoms with van der Waals surface area (Å²) in [6, 6.07) is 11.8. The van der Waals surface area contributed by atoms with Gasteiger partial charge in [0.2, 0.25) is 5.91 Å². The van der Waals surface area contributed by atoms with Gasteiger partial charge in [-0.3, -0.25) is 14.4 Å². The molecular weight excluding hydrogens is 316 g/mol. The fourth-order valence-electron chi connectivity index (χ4n) is 3.42. The van der Waals surface area contributed by atoms with E-state index in [4.69, 9.17) is 0 Å². The first-order chi connectivity index (χ1) is 12.2. The lowest BCUT2D eigenvalue weighted by Crippen LogP contribution is -2.42. The fourth-order valence-corrected chi connectivity index (χ4v) is 3.42. The molecule has 0 aliphatic carbocycles. The zero-order valence-corrected chi connectivity index (χ0v) is 14.6. The van der Waals surface area contributed by atoms with Gasteiger partial charge in [0.15, 0.2) is 0 Å². The first-order valence-electron chi connectivity index (χ1n) is 8.83. The van der Waals surface area contributed by atoms with Crippen LogP contribution in [-0.4, -0.2) is 45.4 Å². The molecule has 6 nitrogen and oxygen atoms in total. The SMILES string of the molecule is Cn1nccc1C(CO)NC(=O)C1CCN(Cc2ccccc2)CC1. The third-order valence-electron chi connectivity index (χ3n) is 4.92. The standard InChI is InChI=1S/C19H26N4O2/c1-22-18(7-10-20-22)17(14-24)21-19(25)16-8-11-23(12-9-16)13-15-5-3-2-4-6-15/h2-7,10,16-17,24H,8-9,11-14H2,1H3,(H,21,25). The van der Waals surface area contributed by atoms with Gasteiger partial charge in [0.05, 0.1) is 18.3 Å². The van der Waals surface area contributed by atoms with Crippen molar-refractivity contribution in [3.63, 3.8) is 0 Å². The van der Waals surface area contributed by atoms with Gasteiger partial charge in [-0.05, 0) is 37.6 Å². The van der Waals surface area contributed by atoms with Gasteiger partial charge < -0.3 is 10.4 Å². The molecular formula is C19H26N4O2. The van der Waals surface area contributed by atoms with Crippen LogP contribution in [0.2, 0.25) is 0 Å². The van der Waals surface area contributed by atoms with Crippen molar-refractivity contribution >= 4 is 5.91 Å². The summed E-state index contributed by atoms with van der Waals surface area (Å²) >= 11 is 0. The van der Waals surface area contributed by atoms with Crippen LogP contribution in [0.4, 0.5) is 0 Å². The number of nitrogens with one attached hydrogen (secondary N) is 1. The highest BCUT2D eigenvalue weighted by atomic mass is 16.3. The van der Waals surface area contributed by atoms with Gasteiger partial charge >= 0.3 is 0 Å². The number of aromatic nitrogens is 2. The summed E-state index contributed by atoms with van der Waals surface area (Å²) < 4.78 is 1.68. The highest BCUT2D eigenvalue weighted by Crippen LogP contribution is 2.21. The van der Waals surface area contributed by atoms with E-state index < -0.39 is 6.04 Å². The van der Waals surface area contributed by atoms with E-state index in [1.807, 2.05) is 19.2 Å². The van der Waals surface area contributed by atoms with E-state index in [9.17, 15) is 9.90 Å². The summed E-state index contributed by atoms with van der Waals surface area (Å²) in [6.45, 7) is 2.65. The van der Waals surface area contributed by atoms with Gasteiger partial charge in [-0.25, -0.2) is 0 Å². The van der Waals surface area contributed by atoms with Crippen LogP contribution in [0.5, 0.6) is 0 Å². The van der Waals surface area contributed by atoms with Crippen LogP contribution < -0.4 is 5.32 Å². The second kappa shape index (κ2) is 8.27. The van der Waals surface area contributed by atoms with Gasteiger partial charge in [0, 0.05) is 25.7 Å². The molecule has 0 bridgehead atoms. The molecule has 1 aromatic heterocycles. The van der Waals surface area contributed by atoms with E-state index in [1.165, 1.54) is 5.56 Å². The van der Waals surface area contributed by atoms with Gasteiger partial charge in [-0.15, -0.1) is 0 Å². The maximum absolute atomic E-state index is 12.6. The van der Waals surface area contributed by atoms with E-state index in [-0.39, 0.29) is 18.4 Å². The maximum Gasteiger partial charge on any atom is 0.223 e. The number of nitrogens with zero attached hydrogens (tertiary/aromatic N) is 3. The molecule has 2 aromatic rings. The van der Waals surface area contributed by atoms with Crippen LogP contribution >= 0.6 is 0 Å². The first kappa shape index (κ1) is 17.6. The largest absolute Gasteiger partial charge is 0.394 e. The molecule has 2 N–H and O–H groups in total. The predicted octanol–water partition coefficient (Wildman–Crippen LogP) is 1.48. The summed E-state index contributed by atoms with van der Waals surface area (Å²) in [5.74, 6) is 0.0360. The third kappa shape index (κ3) is 4.46. The lowest BCUT2D eigenvalue weighted by atomic mass is 9.95. The van der Waals surface area contributed by atoms with Gasteiger partial charge in [0.1, 0.15) is 0 Å². The molecule has 1 aromatic carbocycles. The molecule has 1 atom stereocenters. The van der Waals surface area contributed by atoms with Crippen molar-refractivity contribution in [1.82, 2.24) is 20.0 Å². The molecule has 2 heterocycles. The minimum absolute atomic E-state index is 0.00861. The maximum atomic E-state index is 12.6. The van der Waals surface area contributed by atoms with Crippen molar-refractivity contribution in [2.24, 2.45) is 13.0 Å². The second-order valence-corrected chi connectivity index (χ2v) is 6.66. The number of aliphatic hydroxyl groups excluding tert-OH is 1. The lowest BCUT2D eigenvalue weighted by Gasteiger charge is -2.32. The number of aliphatic hydroxyl groups is 1. The zero-order chi connectivity index (χ0) is 17.6. The van der Waals surface area contributed by atoms with Gasteiger partial charge in [0.25, 0.3) is 0 Å². The lowest BCUT2D eigenvalue weighted by molar-refractivity contribution is -0.127. The number of aryl methyl sites for hydroxylation is 1. The number of rotatable bonds is 6. The molecule has 1 saturated heterocycles. The molecule has 1 amide bonds. The molecule has 1 aliphatic heterocycles. The number of amides is 1. The van der Waals surface area contributed by atoms with E-state index >= 15 is 0 Å². The van der Waals surface area contributed by atoms with Crippen LogP contribution in [0, 0.1) is 5.92 Å². The first-order valence-corrected chi connectivity index (χ1v) is 8.83. The Morgan fingerprint density at radius 2 is 2.00 bits per heavy atom. The van der Waals surface area contributed by atoms with Crippen LogP contribution in [0.15, 0.2) is 42.6 Å². The number of carbonyl (C=O) groups is 1. The van der Waals surface area contributed by atoms with Crippen molar-refractivity contribution < 1.29 is 9.90 Å². The van der Waals surface area contributed by atoms with Crippen molar-refractivity contribution in [3.05, 3.63) is 53.9 Å². The predicted molar refractivity (Wildman–Crippen MR) is 95.6 cm³/mol. The van der Waals surface area contributed by atoms with Crippen LogP contribution in [-0.2, 0) is 18.4 Å². The summed E-state index contributed by atoms with van der Waals surface area (Å²) in [5.41, 5.74) is 2.12. The molecule has 0 radical (unpaired) electrons. The molecule has 0 saturated carbocycles. The smallest absolute Gasteiger partial charge is 0.223 e. The van der Waals surface area contributed by atoms with E-state index in [2.05, 4.69) is 39.6 Å². The van der Waals surface area contributed by atoms with Gasteiger partial charge in [-0.1, -0.05) is 30.3 Å². The second-order valence-electron chi connectivity index (χ2n) is 6.66. The Bertz CT molecular complexity index is 678. The van der Waals surface area contributed by atoms with E-state index in [1.54, 1.807) is 10.9 Å². The molecule has 3 rings (SSSR count). The quantitative estimate of drug-likeness (QED) is 0.834. The normalized spacial score (nSPS) is 17.4. The minimum Gasteiger partial charge on any atom is -0.394 e. The molecule has 0 spiro atoms. The third-order valence-corrected chi connectivity index (χ3v) is 4.92. The van der Waals surface area contributed by atoms with E-state index in [0.29, 0.717) is 0 Å². The number of likely N-dealkylation sites (tertiary alicyclic amines) is 1. The number of benzene rings is 1. The number of hydrogen-bond donors (Lipinski definition) is 2. The average molecular weight is 342 g/mol. The molecule has 1 fully saturated rings. The van der Waals surface area contributed by atoms with Crippen LogP contribution in [0.25, 0.3) is 0 Å². The summed E-state index contributed by atoms with van der Waals surface area (Å²) in [5, 5.41) is 16.7. The molecule has 25 heavy (non-hydrogen) atoms. The highest BCUT2D eigenvalue weighted by molar-refractivity contribution is 5.79. The van der Waals surface area contributed by atoms with Gasteiger partial charge in [-0.2, -0.15) is 5.10 Å². The molecule has 1 unspecified atom stereocenters. The highest BCUT2D eigenvalue weighted by Gasteiger charge is 2.27. The summed E-state index contributed by atoms with van der Waals surface area (Å²) in [6.07, 6.45) is 3.37. The van der Waals surface area contributed by atoms with Crippen molar-refractivity contribution in [1.29, 1.82) is 0 Å². The number of piperidine rings is 1.